The third-order valence-corrected chi connectivity index (χ3v) is 3.08. The van der Waals surface area contributed by atoms with Gasteiger partial charge < -0.3 is 4.74 Å². The van der Waals surface area contributed by atoms with E-state index in [9.17, 15) is 0 Å². The number of nitrogens with zero attached hydrogens (tertiary/aromatic N) is 1. The molecule has 0 amide bonds. The molecular formula is C13H11BrClNO. The third-order valence-electron chi connectivity index (χ3n) is 2.25. The Morgan fingerprint density at radius 2 is 1.88 bits per heavy atom. The van der Waals surface area contributed by atoms with Gasteiger partial charge in [0.25, 0.3) is 0 Å². The molecule has 1 aromatic heterocycles. The molecule has 0 aliphatic rings. The van der Waals surface area contributed by atoms with Gasteiger partial charge in [-0.2, -0.15) is 0 Å². The van der Waals surface area contributed by atoms with Crippen LogP contribution in [-0.4, -0.2) is 4.98 Å². The summed E-state index contributed by atoms with van der Waals surface area (Å²) < 4.78 is 5.61. The summed E-state index contributed by atoms with van der Waals surface area (Å²) in [5.74, 6) is 0.768. The highest BCUT2D eigenvalue weighted by atomic mass is 79.9. The van der Waals surface area contributed by atoms with Gasteiger partial charge in [-0.05, 0) is 29.8 Å². The normalized spacial score (nSPS) is 10.2. The van der Waals surface area contributed by atoms with Crippen molar-refractivity contribution in [1.29, 1.82) is 0 Å². The summed E-state index contributed by atoms with van der Waals surface area (Å²) in [7, 11) is 0. The molecule has 0 saturated carbocycles. The third kappa shape index (κ3) is 3.72. The van der Waals surface area contributed by atoms with Crippen LogP contribution < -0.4 is 4.74 Å². The van der Waals surface area contributed by atoms with Crippen molar-refractivity contribution in [3.63, 3.8) is 0 Å². The molecule has 2 nitrogen and oxygen atoms in total. The smallest absolute Gasteiger partial charge is 0.138 e. The molecule has 1 aromatic carbocycles. The Hall–Kier alpha value is -1.06. The number of rotatable bonds is 4. The van der Waals surface area contributed by atoms with E-state index in [4.69, 9.17) is 16.3 Å². The van der Waals surface area contributed by atoms with Gasteiger partial charge >= 0.3 is 0 Å². The Morgan fingerprint density at radius 1 is 1.12 bits per heavy atom. The molecule has 0 saturated heterocycles. The van der Waals surface area contributed by atoms with Crippen LogP contribution in [0.4, 0.5) is 0 Å². The summed E-state index contributed by atoms with van der Waals surface area (Å²) in [6.45, 7) is 0.520. The summed E-state index contributed by atoms with van der Waals surface area (Å²) in [6.07, 6.45) is 1.73. The molecule has 2 rings (SSSR count). The molecule has 0 N–H and O–H groups in total. The first-order valence-corrected chi connectivity index (χ1v) is 6.66. The van der Waals surface area contributed by atoms with Gasteiger partial charge in [0.05, 0.1) is 11.9 Å². The number of hydrogen-bond donors (Lipinski definition) is 0. The van der Waals surface area contributed by atoms with Crippen LogP contribution in [0.2, 0.25) is 5.02 Å². The molecule has 88 valence electrons. The number of halogens is 2. The second-order valence-corrected chi connectivity index (χ2v) is 4.53. The summed E-state index contributed by atoms with van der Waals surface area (Å²) in [5, 5.41) is 1.49. The number of benzene rings is 1. The predicted molar refractivity (Wildman–Crippen MR) is 72.7 cm³/mol. The summed E-state index contributed by atoms with van der Waals surface area (Å²) in [4.78, 5) is 4.23. The Morgan fingerprint density at radius 3 is 2.47 bits per heavy atom. The van der Waals surface area contributed by atoms with Gasteiger partial charge in [0.1, 0.15) is 12.4 Å². The van der Waals surface area contributed by atoms with E-state index in [0.717, 1.165) is 27.4 Å². The fourth-order valence-corrected chi connectivity index (χ4v) is 1.78. The van der Waals surface area contributed by atoms with E-state index in [2.05, 4.69) is 20.9 Å². The van der Waals surface area contributed by atoms with Gasteiger partial charge in [-0.25, -0.2) is 0 Å². The zero-order valence-corrected chi connectivity index (χ0v) is 11.4. The molecule has 1 heterocycles. The first-order chi connectivity index (χ1) is 8.28. The Labute approximate surface area is 114 Å². The van der Waals surface area contributed by atoms with Crippen LogP contribution in [-0.2, 0) is 11.9 Å². The van der Waals surface area contributed by atoms with Crippen LogP contribution in [0.3, 0.4) is 0 Å². The van der Waals surface area contributed by atoms with Crippen molar-refractivity contribution < 1.29 is 4.74 Å². The van der Waals surface area contributed by atoms with E-state index in [1.165, 1.54) is 0 Å². The van der Waals surface area contributed by atoms with Gasteiger partial charge in [-0.1, -0.05) is 39.7 Å². The topological polar surface area (TPSA) is 22.1 Å². The van der Waals surface area contributed by atoms with Crippen molar-refractivity contribution in [1.82, 2.24) is 4.98 Å². The van der Waals surface area contributed by atoms with Gasteiger partial charge in [0, 0.05) is 10.4 Å². The molecule has 17 heavy (non-hydrogen) atoms. The van der Waals surface area contributed by atoms with E-state index in [1.807, 2.05) is 36.4 Å². The fourth-order valence-electron chi connectivity index (χ4n) is 1.32. The van der Waals surface area contributed by atoms with E-state index in [0.29, 0.717) is 6.61 Å². The zero-order valence-electron chi connectivity index (χ0n) is 9.07. The van der Waals surface area contributed by atoms with Crippen molar-refractivity contribution in [2.75, 3.05) is 0 Å². The predicted octanol–water partition coefficient (Wildman–Crippen LogP) is 4.21. The molecule has 0 radical (unpaired) electrons. The van der Waals surface area contributed by atoms with Crippen LogP contribution >= 0.6 is 27.5 Å². The molecule has 0 aliphatic heterocycles. The van der Waals surface area contributed by atoms with Crippen molar-refractivity contribution >= 4 is 27.5 Å². The maximum Gasteiger partial charge on any atom is 0.138 e. The van der Waals surface area contributed by atoms with Gasteiger partial charge in [-0.15, -0.1) is 0 Å². The maximum atomic E-state index is 5.81. The average Bonchev–Trinajstić information content (AvgIpc) is 2.39. The molecule has 2 aromatic rings. The van der Waals surface area contributed by atoms with E-state index in [1.54, 1.807) is 6.20 Å². The van der Waals surface area contributed by atoms with Crippen LogP contribution in [0.15, 0.2) is 42.6 Å². The standard InChI is InChI=1S/C13H11BrClNO/c14-7-12-5-6-13(8-16-12)17-9-10-1-3-11(15)4-2-10/h1-6,8H,7,9H2. The summed E-state index contributed by atoms with van der Waals surface area (Å²) in [6, 6.07) is 11.5. The highest BCUT2D eigenvalue weighted by molar-refractivity contribution is 9.08. The molecule has 0 fully saturated rings. The largest absolute Gasteiger partial charge is 0.487 e. The number of hydrogen-bond acceptors (Lipinski definition) is 2. The Kier molecular flexibility index (Phi) is 4.40. The highest BCUT2D eigenvalue weighted by Crippen LogP contribution is 2.14. The van der Waals surface area contributed by atoms with Gasteiger partial charge in [0.15, 0.2) is 0 Å². The number of aromatic nitrogens is 1. The molecule has 4 heteroatoms. The SMILES string of the molecule is Clc1ccc(COc2ccc(CBr)nc2)cc1. The minimum atomic E-state index is 0.520. The molecule has 0 atom stereocenters. The number of pyridine rings is 1. The first-order valence-electron chi connectivity index (χ1n) is 5.16. The van der Waals surface area contributed by atoms with E-state index < -0.39 is 0 Å². The molecular weight excluding hydrogens is 302 g/mol. The number of ether oxygens (including phenoxy) is 1. The Bertz CT molecular complexity index is 470. The molecule has 0 unspecified atom stereocenters. The number of alkyl halides is 1. The van der Waals surface area contributed by atoms with Crippen molar-refractivity contribution in [2.24, 2.45) is 0 Å². The quantitative estimate of drug-likeness (QED) is 0.789. The minimum absolute atomic E-state index is 0.520. The van der Waals surface area contributed by atoms with Crippen LogP contribution in [0.5, 0.6) is 5.75 Å². The molecule has 0 aliphatic carbocycles. The zero-order chi connectivity index (χ0) is 12.1. The lowest BCUT2D eigenvalue weighted by Gasteiger charge is -2.06. The Balaban J connectivity index is 1.95. The lowest BCUT2D eigenvalue weighted by atomic mass is 10.2. The van der Waals surface area contributed by atoms with E-state index in [-0.39, 0.29) is 0 Å². The van der Waals surface area contributed by atoms with Crippen LogP contribution in [0.1, 0.15) is 11.3 Å². The lowest BCUT2D eigenvalue weighted by Crippen LogP contribution is -1.96. The van der Waals surface area contributed by atoms with Gasteiger partial charge in [0.2, 0.25) is 0 Å². The summed E-state index contributed by atoms with van der Waals surface area (Å²) >= 11 is 9.16. The van der Waals surface area contributed by atoms with Crippen molar-refractivity contribution in [3.05, 3.63) is 58.9 Å². The van der Waals surface area contributed by atoms with Crippen LogP contribution in [0, 0.1) is 0 Å². The maximum absolute atomic E-state index is 5.81. The van der Waals surface area contributed by atoms with Gasteiger partial charge in [-0.3, -0.25) is 4.98 Å². The average molecular weight is 313 g/mol. The van der Waals surface area contributed by atoms with Crippen LogP contribution in [0.25, 0.3) is 0 Å². The molecule has 0 bridgehead atoms. The van der Waals surface area contributed by atoms with Crippen molar-refractivity contribution in [2.45, 2.75) is 11.9 Å². The molecule has 0 spiro atoms. The fraction of sp³-hybridized carbons (Fsp3) is 0.154. The monoisotopic (exact) mass is 311 g/mol. The van der Waals surface area contributed by atoms with E-state index >= 15 is 0 Å². The first kappa shape index (κ1) is 12.4. The highest BCUT2D eigenvalue weighted by Gasteiger charge is 1.97. The second kappa shape index (κ2) is 6.03. The lowest BCUT2D eigenvalue weighted by molar-refractivity contribution is 0.305. The van der Waals surface area contributed by atoms with Crippen molar-refractivity contribution in [3.8, 4) is 5.75 Å². The summed E-state index contributed by atoms with van der Waals surface area (Å²) in [5.41, 5.74) is 2.07. The minimum Gasteiger partial charge on any atom is -0.487 e. The second-order valence-electron chi connectivity index (χ2n) is 3.53.